The van der Waals surface area contributed by atoms with Crippen LogP contribution in [-0.4, -0.2) is 51.1 Å². The van der Waals surface area contributed by atoms with Gasteiger partial charge in [0.15, 0.2) is 11.5 Å². The summed E-state index contributed by atoms with van der Waals surface area (Å²) in [5.74, 6) is 0.0724. The van der Waals surface area contributed by atoms with Crippen molar-refractivity contribution in [1.82, 2.24) is 19.9 Å². The van der Waals surface area contributed by atoms with Crippen molar-refractivity contribution in [2.75, 3.05) is 19.6 Å². The van der Waals surface area contributed by atoms with E-state index in [-0.39, 0.29) is 18.4 Å². The van der Waals surface area contributed by atoms with Gasteiger partial charge in [0.05, 0.1) is 19.5 Å². The molecule has 2 N–H and O–H groups in total. The van der Waals surface area contributed by atoms with Crippen molar-refractivity contribution in [3.63, 3.8) is 0 Å². The van der Waals surface area contributed by atoms with Crippen LogP contribution in [0.5, 0.6) is 0 Å². The normalized spacial score (nSPS) is 24.7. The predicted octanol–water partition coefficient (Wildman–Crippen LogP) is 2.71. The average Bonchev–Trinajstić information content (AvgIpc) is 3.35. The highest BCUT2D eigenvalue weighted by atomic mass is 19.1. The summed E-state index contributed by atoms with van der Waals surface area (Å²) in [7, 11) is 0. The first kappa shape index (κ1) is 23.2. The number of aryl methyl sites for hydroxylation is 1. The third kappa shape index (κ3) is 4.00. The van der Waals surface area contributed by atoms with Gasteiger partial charge < -0.3 is 14.7 Å². The van der Waals surface area contributed by atoms with Crippen molar-refractivity contribution in [2.24, 2.45) is 5.92 Å². The summed E-state index contributed by atoms with van der Waals surface area (Å²) in [5, 5.41) is 6.52. The highest BCUT2D eigenvalue weighted by Gasteiger charge is 2.62. The maximum Gasteiger partial charge on any atom is 0.238 e. The summed E-state index contributed by atoms with van der Waals surface area (Å²) >= 11 is 0. The van der Waals surface area contributed by atoms with E-state index in [4.69, 9.17) is 4.52 Å². The first-order valence-corrected chi connectivity index (χ1v) is 12.6. The molecule has 36 heavy (non-hydrogen) atoms. The third-order valence-corrected chi connectivity index (χ3v) is 8.02. The number of benzene rings is 2. The third-order valence-electron chi connectivity index (χ3n) is 8.02. The zero-order valence-corrected chi connectivity index (χ0v) is 20.3. The van der Waals surface area contributed by atoms with Crippen LogP contribution in [0, 0.1) is 24.5 Å². The van der Waals surface area contributed by atoms with E-state index in [1.807, 2.05) is 6.07 Å². The van der Waals surface area contributed by atoms with Gasteiger partial charge in [-0.15, -0.1) is 0 Å². The summed E-state index contributed by atoms with van der Waals surface area (Å²) in [6.45, 7) is 4.50. The molecule has 3 fully saturated rings. The molecule has 3 aromatic rings. The molecule has 1 saturated carbocycles. The summed E-state index contributed by atoms with van der Waals surface area (Å²) in [5.41, 5.74) is 2.35. The molecule has 2 aromatic carbocycles. The molecule has 2 unspecified atom stereocenters. The van der Waals surface area contributed by atoms with Gasteiger partial charge in [0.25, 0.3) is 0 Å². The molecule has 1 aromatic heterocycles. The summed E-state index contributed by atoms with van der Waals surface area (Å²) in [6.07, 6.45) is 3.51. The Hall–Kier alpha value is -3.17. The van der Waals surface area contributed by atoms with Gasteiger partial charge in [-0.2, -0.15) is 4.98 Å². The Bertz CT molecular complexity index is 1270. The Morgan fingerprint density at radius 1 is 1.14 bits per heavy atom. The van der Waals surface area contributed by atoms with E-state index in [9.17, 15) is 13.6 Å². The monoisotopic (exact) mass is 494 g/mol. The number of quaternary nitrogens is 1. The second-order valence-electron chi connectivity index (χ2n) is 10.3. The lowest BCUT2D eigenvalue weighted by Crippen LogP contribution is -2.96. The van der Waals surface area contributed by atoms with E-state index in [0.717, 1.165) is 31.0 Å². The molecular formula is C27H30F2N5O2+. The standard InChI is InChI=1S/C27H29F2N5O2/c1-17-4-2-5-18(8-17)14-34-25(35)15-33-23(13-30-16-27(33,34)20-6-3-7-20)26-31-24(36-32-26)11-19-9-21(28)12-22(29)10-19/h2,4-5,8-10,12,20,23,30H,3,6-7,11,13-16H2,1H3/p+1. The number of amides is 1. The lowest BCUT2D eigenvalue weighted by molar-refractivity contribution is -0.689. The first-order valence-electron chi connectivity index (χ1n) is 12.6. The Morgan fingerprint density at radius 3 is 2.67 bits per heavy atom. The molecule has 1 aliphatic carbocycles. The number of aromatic nitrogens is 2. The number of rotatable bonds is 6. The maximum atomic E-state index is 13.6. The fourth-order valence-electron chi connectivity index (χ4n) is 6.25. The van der Waals surface area contributed by atoms with E-state index < -0.39 is 17.3 Å². The molecule has 1 amide bonds. The van der Waals surface area contributed by atoms with E-state index in [1.165, 1.54) is 24.1 Å². The summed E-state index contributed by atoms with van der Waals surface area (Å²) in [6, 6.07) is 11.5. The van der Waals surface area contributed by atoms with Crippen molar-refractivity contribution in [3.05, 3.63) is 82.5 Å². The topological polar surface area (TPSA) is 79.1 Å². The van der Waals surface area contributed by atoms with Gasteiger partial charge >= 0.3 is 0 Å². The summed E-state index contributed by atoms with van der Waals surface area (Å²) in [4.78, 5) is 22.5. The Labute approximate surface area is 208 Å². The minimum Gasteiger partial charge on any atom is -0.341 e. The number of hydrogen-bond acceptors (Lipinski definition) is 5. The Kier molecular flexibility index (Phi) is 5.84. The number of nitrogens with two attached hydrogens (primary N) is 1. The van der Waals surface area contributed by atoms with Gasteiger partial charge in [0.2, 0.25) is 11.8 Å². The summed E-state index contributed by atoms with van der Waals surface area (Å²) < 4.78 is 32.8. The molecule has 3 heterocycles. The lowest BCUT2D eigenvalue weighted by atomic mass is 9.73. The van der Waals surface area contributed by atoms with Crippen LogP contribution < -0.4 is 5.32 Å². The second kappa shape index (κ2) is 9.05. The molecule has 3 aliphatic rings. The minimum absolute atomic E-state index is 0.127. The smallest absolute Gasteiger partial charge is 0.238 e. The minimum atomic E-state index is -0.638. The first-order chi connectivity index (χ1) is 17.4. The van der Waals surface area contributed by atoms with Crippen LogP contribution in [0.4, 0.5) is 8.78 Å². The SMILES string of the molecule is Cc1cccc(CN2C(=O)CN3C(c4noc(Cc5cc(F)cc(F)c5)n4)C[NH2+]CC23C2CCC2)c1. The maximum absolute atomic E-state index is 13.6. The lowest BCUT2D eigenvalue weighted by Gasteiger charge is -2.54. The van der Waals surface area contributed by atoms with E-state index in [0.29, 0.717) is 42.8 Å². The zero-order chi connectivity index (χ0) is 24.9. The van der Waals surface area contributed by atoms with Crippen LogP contribution in [0.1, 0.15) is 53.7 Å². The molecule has 0 bridgehead atoms. The van der Waals surface area contributed by atoms with Gasteiger partial charge in [-0.05, 0) is 43.0 Å². The zero-order valence-electron chi connectivity index (χ0n) is 20.3. The molecule has 2 atom stereocenters. The van der Waals surface area contributed by atoms with E-state index in [1.54, 1.807) is 0 Å². The number of piperazine rings is 1. The molecule has 6 rings (SSSR count). The van der Waals surface area contributed by atoms with Crippen LogP contribution in [0.25, 0.3) is 0 Å². The van der Waals surface area contributed by atoms with Gasteiger partial charge in [-0.3, -0.25) is 9.69 Å². The average molecular weight is 495 g/mol. The van der Waals surface area contributed by atoms with Gasteiger partial charge in [-0.1, -0.05) is 41.4 Å². The van der Waals surface area contributed by atoms with Crippen LogP contribution in [0.2, 0.25) is 0 Å². The molecule has 2 saturated heterocycles. The van der Waals surface area contributed by atoms with Gasteiger partial charge in [0, 0.05) is 18.5 Å². The fraction of sp³-hybridized carbons (Fsp3) is 0.444. The number of carbonyl (C=O) groups excluding carboxylic acids is 1. The highest BCUT2D eigenvalue weighted by molar-refractivity contribution is 5.82. The number of carbonyl (C=O) groups is 1. The van der Waals surface area contributed by atoms with Crippen molar-refractivity contribution >= 4 is 5.91 Å². The Balaban J connectivity index is 1.30. The molecule has 9 heteroatoms. The van der Waals surface area contributed by atoms with Gasteiger partial charge in [-0.25, -0.2) is 8.78 Å². The Morgan fingerprint density at radius 2 is 1.94 bits per heavy atom. The molecule has 188 valence electrons. The number of fused-ring (bicyclic) bond motifs is 1. The molecule has 2 aliphatic heterocycles. The number of halogens is 2. The van der Waals surface area contributed by atoms with Crippen LogP contribution in [0.15, 0.2) is 47.0 Å². The fourth-order valence-corrected chi connectivity index (χ4v) is 6.25. The van der Waals surface area contributed by atoms with E-state index in [2.05, 4.69) is 50.4 Å². The largest absolute Gasteiger partial charge is 0.341 e. The van der Waals surface area contributed by atoms with Crippen LogP contribution in [-0.2, 0) is 17.8 Å². The van der Waals surface area contributed by atoms with Gasteiger partial charge in [0.1, 0.15) is 24.2 Å². The highest BCUT2D eigenvalue weighted by Crippen LogP contribution is 2.48. The van der Waals surface area contributed by atoms with E-state index >= 15 is 0 Å². The number of hydrogen-bond donors (Lipinski definition) is 1. The second-order valence-corrected chi connectivity index (χ2v) is 10.3. The molecule has 7 nitrogen and oxygen atoms in total. The molecule has 0 radical (unpaired) electrons. The molecule has 0 spiro atoms. The number of nitrogens with zero attached hydrogens (tertiary/aromatic N) is 4. The quantitative estimate of drug-likeness (QED) is 0.570. The van der Waals surface area contributed by atoms with Crippen molar-refractivity contribution in [2.45, 2.75) is 50.9 Å². The van der Waals surface area contributed by atoms with Crippen LogP contribution in [0.3, 0.4) is 0 Å². The van der Waals surface area contributed by atoms with Crippen molar-refractivity contribution in [1.29, 1.82) is 0 Å². The molecular weight excluding hydrogens is 464 g/mol. The van der Waals surface area contributed by atoms with Crippen molar-refractivity contribution < 1.29 is 23.4 Å². The van der Waals surface area contributed by atoms with Crippen LogP contribution >= 0.6 is 0 Å². The predicted molar refractivity (Wildman–Crippen MR) is 126 cm³/mol. The van der Waals surface area contributed by atoms with Crippen molar-refractivity contribution in [3.8, 4) is 0 Å².